The number of benzene rings is 3. The first-order valence-electron chi connectivity index (χ1n) is 16.4. The molecule has 246 valence electrons. The Morgan fingerprint density at radius 2 is 1.64 bits per heavy atom. The molecule has 0 amide bonds. The largest absolute Gasteiger partial charge is 0.469 e. The maximum absolute atomic E-state index is 13.1. The number of esters is 1. The molecule has 5 rings (SSSR count). The number of aliphatic hydroxyl groups is 1. The molecule has 4 atom stereocenters. The number of fused-ring (bicyclic) bond motifs is 1. The SMILES string of the molecule is COC(=O)CCCC=CC[C@H]1C(=O)C[C@@H](O)[C@@H]1C=CC(O[Si](c1ccccc1)(c1ccccc1)C(C)(C)C)c1nc2ccccc2s1. The van der Waals surface area contributed by atoms with Crippen LogP contribution >= 0.6 is 11.3 Å². The molecule has 4 aromatic rings. The van der Waals surface area contributed by atoms with Crippen molar-refractivity contribution in [2.75, 3.05) is 7.11 Å². The number of aliphatic hydroxyl groups excluding tert-OH is 1. The lowest BCUT2D eigenvalue weighted by atomic mass is 9.90. The summed E-state index contributed by atoms with van der Waals surface area (Å²) in [5.74, 6) is -0.833. The van der Waals surface area contributed by atoms with Gasteiger partial charge in [-0.3, -0.25) is 9.59 Å². The van der Waals surface area contributed by atoms with Crippen LogP contribution in [0.4, 0.5) is 0 Å². The normalized spacial score (nSPS) is 19.6. The Bertz CT molecular complexity index is 1620. The number of unbranched alkanes of at least 4 members (excludes halogenated alkanes) is 1. The molecule has 0 saturated heterocycles. The molecule has 0 bridgehead atoms. The molecule has 0 aliphatic heterocycles. The first-order chi connectivity index (χ1) is 22.6. The van der Waals surface area contributed by atoms with Crippen molar-refractivity contribution in [1.29, 1.82) is 0 Å². The zero-order valence-electron chi connectivity index (χ0n) is 27.7. The van der Waals surface area contributed by atoms with Gasteiger partial charge in [-0.25, -0.2) is 4.98 Å². The molecule has 1 saturated carbocycles. The van der Waals surface area contributed by atoms with E-state index in [2.05, 4.69) is 75.4 Å². The highest BCUT2D eigenvalue weighted by atomic mass is 32.1. The van der Waals surface area contributed by atoms with Crippen molar-refractivity contribution in [3.8, 4) is 0 Å². The first-order valence-corrected chi connectivity index (χ1v) is 19.1. The standard InChI is InChI=1S/C39H45NO5SSi/c1-39(2,3)47(28-17-9-7-10-18-28,29-19-11-8-12-20-29)45-35(38-40-32-22-15-16-23-36(32)46-38)26-25-31-30(33(41)27-34(31)42)21-13-5-6-14-24-37(43)44-4/h5,7-13,15-20,22-23,25-26,30-31,34-35,42H,6,14,21,24,27H2,1-4H3/t30-,31-,34-,35?/m1/s1. The zero-order valence-corrected chi connectivity index (χ0v) is 29.5. The average molecular weight is 668 g/mol. The maximum atomic E-state index is 13.1. The number of ether oxygens (including phenoxy) is 1. The van der Waals surface area contributed by atoms with E-state index in [9.17, 15) is 14.7 Å². The number of rotatable bonds is 13. The van der Waals surface area contributed by atoms with Crippen LogP contribution in [0.3, 0.4) is 0 Å². The molecule has 47 heavy (non-hydrogen) atoms. The fourth-order valence-corrected chi connectivity index (χ4v) is 12.3. The minimum absolute atomic E-state index is 0.0656. The summed E-state index contributed by atoms with van der Waals surface area (Å²) in [4.78, 5) is 29.6. The lowest BCUT2D eigenvalue weighted by molar-refractivity contribution is -0.140. The second-order valence-corrected chi connectivity index (χ2v) is 18.5. The van der Waals surface area contributed by atoms with Gasteiger partial charge in [0, 0.05) is 24.7 Å². The number of para-hydroxylation sites is 1. The monoisotopic (exact) mass is 667 g/mol. The van der Waals surface area contributed by atoms with Crippen LogP contribution in [0, 0.1) is 11.8 Å². The van der Waals surface area contributed by atoms with Gasteiger partial charge < -0.3 is 14.3 Å². The smallest absolute Gasteiger partial charge is 0.305 e. The Kier molecular flexibility index (Phi) is 11.4. The summed E-state index contributed by atoms with van der Waals surface area (Å²) in [5.41, 5.74) is 0.920. The number of hydrogen-bond donors (Lipinski definition) is 1. The van der Waals surface area contributed by atoms with Gasteiger partial charge in [-0.1, -0.05) is 118 Å². The molecule has 1 aliphatic carbocycles. The Labute approximate surface area is 283 Å². The summed E-state index contributed by atoms with van der Waals surface area (Å²) in [6.45, 7) is 6.77. The van der Waals surface area contributed by atoms with Crippen LogP contribution in [0.25, 0.3) is 10.2 Å². The van der Waals surface area contributed by atoms with E-state index in [0.717, 1.165) is 21.6 Å². The van der Waals surface area contributed by atoms with E-state index in [-0.39, 0.29) is 35.0 Å². The number of aromatic nitrogens is 1. The minimum atomic E-state index is -2.97. The minimum Gasteiger partial charge on any atom is -0.469 e. The second kappa shape index (κ2) is 15.5. The summed E-state index contributed by atoms with van der Waals surface area (Å²) in [6, 6.07) is 29.2. The molecule has 3 aromatic carbocycles. The van der Waals surface area contributed by atoms with Crippen molar-refractivity contribution in [3.63, 3.8) is 0 Å². The molecule has 1 N–H and O–H groups in total. The summed E-state index contributed by atoms with van der Waals surface area (Å²) < 4.78 is 13.4. The zero-order chi connectivity index (χ0) is 33.4. The van der Waals surface area contributed by atoms with Crippen LogP contribution in [0.5, 0.6) is 0 Å². The third kappa shape index (κ3) is 7.89. The van der Waals surface area contributed by atoms with Crippen LogP contribution in [0.2, 0.25) is 5.04 Å². The number of ketones is 1. The highest BCUT2D eigenvalue weighted by Crippen LogP contribution is 2.42. The van der Waals surface area contributed by atoms with Crippen molar-refractivity contribution in [1.82, 2.24) is 4.98 Å². The molecule has 1 fully saturated rings. The van der Waals surface area contributed by atoms with Gasteiger partial charge in [-0.15, -0.1) is 11.3 Å². The van der Waals surface area contributed by atoms with Crippen molar-refractivity contribution < 1.29 is 23.9 Å². The van der Waals surface area contributed by atoms with Gasteiger partial charge in [-0.05, 0) is 46.8 Å². The average Bonchev–Trinajstić information content (AvgIpc) is 3.62. The number of thiazole rings is 1. The fraction of sp³-hybridized carbons (Fsp3) is 0.359. The lowest BCUT2D eigenvalue weighted by Crippen LogP contribution is -2.66. The molecule has 8 heteroatoms. The molecule has 1 aromatic heterocycles. The van der Waals surface area contributed by atoms with Gasteiger partial charge in [0.05, 0.1) is 23.4 Å². The molecule has 0 spiro atoms. The molecule has 6 nitrogen and oxygen atoms in total. The molecular formula is C39H45NO5SSi. The first kappa shape index (κ1) is 34.6. The highest BCUT2D eigenvalue weighted by molar-refractivity contribution is 7.18. The maximum Gasteiger partial charge on any atom is 0.305 e. The summed E-state index contributed by atoms with van der Waals surface area (Å²) >= 11 is 1.62. The predicted octanol–water partition coefficient (Wildman–Crippen LogP) is 7.33. The quantitative estimate of drug-likeness (QED) is 0.0696. The van der Waals surface area contributed by atoms with Crippen LogP contribution in [0.15, 0.2) is 109 Å². The van der Waals surface area contributed by atoms with Crippen LogP contribution < -0.4 is 10.4 Å². The summed E-state index contributed by atoms with van der Waals surface area (Å²) in [6.07, 6.45) is 9.24. The lowest BCUT2D eigenvalue weighted by Gasteiger charge is -2.44. The van der Waals surface area contributed by atoms with E-state index in [1.807, 2.05) is 54.6 Å². The summed E-state index contributed by atoms with van der Waals surface area (Å²) in [7, 11) is -1.58. The van der Waals surface area contributed by atoms with Gasteiger partial charge in [0.1, 0.15) is 16.9 Å². The molecule has 1 unspecified atom stereocenters. The van der Waals surface area contributed by atoms with Gasteiger partial charge in [0.25, 0.3) is 8.32 Å². The van der Waals surface area contributed by atoms with Crippen molar-refractivity contribution in [2.24, 2.45) is 11.8 Å². The van der Waals surface area contributed by atoms with Crippen molar-refractivity contribution in [3.05, 3.63) is 114 Å². The van der Waals surface area contributed by atoms with E-state index >= 15 is 0 Å². The topological polar surface area (TPSA) is 85.7 Å². The summed E-state index contributed by atoms with van der Waals surface area (Å²) in [5, 5.41) is 14.0. The van der Waals surface area contributed by atoms with Gasteiger partial charge in [-0.2, -0.15) is 0 Å². The van der Waals surface area contributed by atoms with Crippen LogP contribution in [-0.4, -0.2) is 43.4 Å². The molecule has 1 heterocycles. The van der Waals surface area contributed by atoms with E-state index in [0.29, 0.717) is 19.3 Å². The van der Waals surface area contributed by atoms with Gasteiger partial charge in [0.15, 0.2) is 0 Å². The molecule has 1 aliphatic rings. The Morgan fingerprint density at radius 1 is 1.00 bits per heavy atom. The highest BCUT2D eigenvalue weighted by Gasteiger charge is 2.52. The number of hydrogen-bond acceptors (Lipinski definition) is 7. The second-order valence-electron chi connectivity index (χ2n) is 13.2. The van der Waals surface area contributed by atoms with Crippen molar-refractivity contribution in [2.45, 2.75) is 70.1 Å². The number of Topliss-reactive ketones (excluding diaryl/α,β-unsaturated/α-hetero) is 1. The van der Waals surface area contributed by atoms with E-state index in [4.69, 9.17) is 14.1 Å². The Balaban J connectivity index is 1.52. The van der Waals surface area contributed by atoms with Crippen LogP contribution in [-0.2, 0) is 18.8 Å². The number of nitrogens with zero attached hydrogens (tertiary/aromatic N) is 1. The van der Waals surface area contributed by atoms with E-state index in [1.165, 1.54) is 17.5 Å². The van der Waals surface area contributed by atoms with Gasteiger partial charge >= 0.3 is 5.97 Å². The Morgan fingerprint density at radius 3 is 2.26 bits per heavy atom. The fourth-order valence-electron chi connectivity index (χ4n) is 6.65. The molecule has 0 radical (unpaired) electrons. The number of carbonyl (C=O) groups is 2. The van der Waals surface area contributed by atoms with E-state index in [1.54, 1.807) is 11.3 Å². The Hall–Kier alpha value is -3.69. The third-order valence-corrected chi connectivity index (χ3v) is 15.2. The molecular weight excluding hydrogens is 623 g/mol. The third-order valence-electron chi connectivity index (χ3n) is 9.05. The number of allylic oxidation sites excluding steroid dienone is 2. The predicted molar refractivity (Wildman–Crippen MR) is 192 cm³/mol. The van der Waals surface area contributed by atoms with Crippen molar-refractivity contribution >= 4 is 52.0 Å². The number of carbonyl (C=O) groups excluding carboxylic acids is 2. The number of methoxy groups -OCH3 is 1. The van der Waals surface area contributed by atoms with Crippen LogP contribution in [0.1, 0.15) is 64.0 Å². The van der Waals surface area contributed by atoms with E-state index < -0.39 is 20.5 Å². The van der Waals surface area contributed by atoms with Gasteiger partial charge in [0.2, 0.25) is 0 Å².